The summed E-state index contributed by atoms with van der Waals surface area (Å²) < 4.78 is 0.949. The molecule has 0 fully saturated rings. The zero-order chi connectivity index (χ0) is 13.8. The van der Waals surface area contributed by atoms with Crippen molar-refractivity contribution in [3.63, 3.8) is 0 Å². The molecule has 3 heteroatoms. The van der Waals surface area contributed by atoms with Crippen molar-refractivity contribution < 1.29 is 0 Å². The minimum atomic E-state index is -0.137. The summed E-state index contributed by atoms with van der Waals surface area (Å²) in [6, 6.07) is 14.1. The van der Waals surface area contributed by atoms with E-state index >= 15 is 0 Å². The minimum absolute atomic E-state index is 0.137. The highest BCUT2D eigenvalue weighted by Crippen LogP contribution is 2.29. The molecule has 2 rings (SSSR count). The lowest BCUT2D eigenvalue weighted by Crippen LogP contribution is -2.12. The lowest BCUT2D eigenvalue weighted by Gasteiger charge is -2.15. The zero-order valence-corrected chi connectivity index (χ0v) is 13.2. The Labute approximate surface area is 127 Å². The Bertz CT molecular complexity index is 551. The number of hydrogen-bond acceptors (Lipinski definition) is 1. The normalized spacial score (nSPS) is 12.4. The predicted molar refractivity (Wildman–Crippen MR) is 85.6 cm³/mol. The molecule has 0 saturated heterocycles. The SMILES string of the molecule is CCCc1ccc(C(N)c2ccc(Cl)cc2Br)cc1. The summed E-state index contributed by atoms with van der Waals surface area (Å²) in [4.78, 5) is 0. The first-order valence-corrected chi connectivity index (χ1v) is 7.58. The molecule has 2 aromatic carbocycles. The third kappa shape index (κ3) is 3.59. The van der Waals surface area contributed by atoms with Crippen LogP contribution < -0.4 is 5.73 Å². The molecule has 1 atom stereocenters. The quantitative estimate of drug-likeness (QED) is 0.824. The fourth-order valence-electron chi connectivity index (χ4n) is 2.11. The van der Waals surface area contributed by atoms with Gasteiger partial charge < -0.3 is 5.73 Å². The van der Waals surface area contributed by atoms with E-state index in [1.807, 2.05) is 18.2 Å². The molecule has 100 valence electrons. The molecular weight excluding hydrogens is 322 g/mol. The number of rotatable bonds is 4. The number of hydrogen-bond donors (Lipinski definition) is 1. The average molecular weight is 339 g/mol. The molecular formula is C16H17BrClN. The number of nitrogens with two attached hydrogens (primary N) is 1. The summed E-state index contributed by atoms with van der Waals surface area (Å²) in [7, 11) is 0. The lowest BCUT2D eigenvalue weighted by atomic mass is 9.98. The van der Waals surface area contributed by atoms with Gasteiger partial charge in [-0.1, -0.05) is 71.2 Å². The van der Waals surface area contributed by atoms with Crippen molar-refractivity contribution in [1.82, 2.24) is 0 Å². The van der Waals surface area contributed by atoms with Crippen LogP contribution in [0, 0.1) is 0 Å². The van der Waals surface area contributed by atoms with Gasteiger partial charge in [0.15, 0.2) is 0 Å². The van der Waals surface area contributed by atoms with E-state index in [1.165, 1.54) is 5.56 Å². The average Bonchev–Trinajstić information content (AvgIpc) is 2.39. The Morgan fingerprint density at radius 2 is 1.84 bits per heavy atom. The third-order valence-electron chi connectivity index (χ3n) is 3.18. The van der Waals surface area contributed by atoms with Crippen LogP contribution >= 0.6 is 27.5 Å². The van der Waals surface area contributed by atoms with Gasteiger partial charge in [-0.2, -0.15) is 0 Å². The molecule has 2 aromatic rings. The van der Waals surface area contributed by atoms with Crippen LogP contribution in [0.15, 0.2) is 46.9 Å². The van der Waals surface area contributed by atoms with Crippen molar-refractivity contribution in [3.8, 4) is 0 Å². The molecule has 0 heterocycles. The van der Waals surface area contributed by atoms with E-state index in [0.29, 0.717) is 5.02 Å². The molecule has 19 heavy (non-hydrogen) atoms. The lowest BCUT2D eigenvalue weighted by molar-refractivity contribution is 0.860. The van der Waals surface area contributed by atoms with E-state index in [0.717, 1.165) is 28.4 Å². The topological polar surface area (TPSA) is 26.0 Å². The Kier molecular flexibility index (Phi) is 5.03. The van der Waals surface area contributed by atoms with Crippen molar-refractivity contribution in [2.75, 3.05) is 0 Å². The molecule has 0 radical (unpaired) electrons. The van der Waals surface area contributed by atoms with Crippen molar-refractivity contribution in [3.05, 3.63) is 68.7 Å². The number of benzene rings is 2. The van der Waals surface area contributed by atoms with Crippen molar-refractivity contribution >= 4 is 27.5 Å². The summed E-state index contributed by atoms with van der Waals surface area (Å²) in [6.07, 6.45) is 2.27. The third-order valence-corrected chi connectivity index (χ3v) is 4.10. The van der Waals surface area contributed by atoms with Crippen LogP contribution in [0.4, 0.5) is 0 Å². The Morgan fingerprint density at radius 3 is 2.42 bits per heavy atom. The Morgan fingerprint density at radius 1 is 1.16 bits per heavy atom. The second kappa shape index (κ2) is 6.56. The van der Waals surface area contributed by atoms with Crippen LogP contribution in [0.5, 0.6) is 0 Å². The molecule has 1 unspecified atom stereocenters. The van der Waals surface area contributed by atoms with Gasteiger partial charge in [0.1, 0.15) is 0 Å². The molecule has 1 nitrogen and oxygen atoms in total. The van der Waals surface area contributed by atoms with Crippen LogP contribution in [-0.2, 0) is 6.42 Å². The van der Waals surface area contributed by atoms with Gasteiger partial charge in [-0.15, -0.1) is 0 Å². The van der Waals surface area contributed by atoms with Crippen LogP contribution in [0.25, 0.3) is 0 Å². The van der Waals surface area contributed by atoms with E-state index < -0.39 is 0 Å². The largest absolute Gasteiger partial charge is 0.320 e. The maximum atomic E-state index is 6.32. The van der Waals surface area contributed by atoms with E-state index in [-0.39, 0.29) is 6.04 Å². The number of halogens is 2. The van der Waals surface area contributed by atoms with Crippen LogP contribution in [-0.4, -0.2) is 0 Å². The van der Waals surface area contributed by atoms with Gasteiger partial charge >= 0.3 is 0 Å². The minimum Gasteiger partial charge on any atom is -0.320 e. The first-order valence-electron chi connectivity index (χ1n) is 6.41. The van der Waals surface area contributed by atoms with Crippen molar-refractivity contribution in [2.24, 2.45) is 5.73 Å². The summed E-state index contributed by atoms with van der Waals surface area (Å²) in [6.45, 7) is 2.18. The van der Waals surface area contributed by atoms with Gasteiger partial charge in [0.2, 0.25) is 0 Å². The van der Waals surface area contributed by atoms with Gasteiger partial charge in [-0.25, -0.2) is 0 Å². The van der Waals surface area contributed by atoms with E-state index in [1.54, 1.807) is 0 Å². The molecule has 0 aromatic heterocycles. The van der Waals surface area contributed by atoms with Gasteiger partial charge in [-0.05, 0) is 35.2 Å². The molecule has 0 aliphatic heterocycles. The van der Waals surface area contributed by atoms with Gasteiger partial charge in [0.05, 0.1) is 6.04 Å². The standard InChI is InChI=1S/C16H17BrClN/c1-2-3-11-4-6-12(7-5-11)16(19)14-9-8-13(18)10-15(14)17/h4-10,16H,2-3,19H2,1H3. The monoisotopic (exact) mass is 337 g/mol. The van der Waals surface area contributed by atoms with Crippen LogP contribution in [0.1, 0.15) is 36.1 Å². The summed E-state index contributed by atoms with van der Waals surface area (Å²) >= 11 is 9.47. The van der Waals surface area contributed by atoms with E-state index in [4.69, 9.17) is 17.3 Å². The van der Waals surface area contributed by atoms with Gasteiger partial charge in [0, 0.05) is 9.50 Å². The van der Waals surface area contributed by atoms with Crippen molar-refractivity contribution in [2.45, 2.75) is 25.8 Å². The molecule has 0 aliphatic rings. The molecule has 0 bridgehead atoms. The van der Waals surface area contributed by atoms with E-state index in [2.05, 4.69) is 47.1 Å². The maximum Gasteiger partial charge on any atom is 0.0562 e. The summed E-state index contributed by atoms with van der Waals surface area (Å²) in [5.41, 5.74) is 9.84. The smallest absolute Gasteiger partial charge is 0.0562 e. The molecule has 0 aliphatic carbocycles. The summed E-state index contributed by atoms with van der Waals surface area (Å²) in [5, 5.41) is 0.709. The molecule has 0 amide bonds. The second-order valence-electron chi connectivity index (χ2n) is 4.64. The van der Waals surface area contributed by atoms with Crippen molar-refractivity contribution in [1.29, 1.82) is 0 Å². The maximum absolute atomic E-state index is 6.32. The fourth-order valence-corrected chi connectivity index (χ4v) is 3.04. The highest BCUT2D eigenvalue weighted by molar-refractivity contribution is 9.10. The van der Waals surface area contributed by atoms with Crippen LogP contribution in [0.3, 0.4) is 0 Å². The second-order valence-corrected chi connectivity index (χ2v) is 5.93. The first-order chi connectivity index (χ1) is 9.11. The zero-order valence-electron chi connectivity index (χ0n) is 10.9. The summed E-state index contributed by atoms with van der Waals surface area (Å²) in [5.74, 6) is 0. The molecule has 0 saturated carbocycles. The predicted octanol–water partition coefficient (Wildman–Crippen LogP) is 5.10. The Hall–Kier alpha value is -0.830. The van der Waals surface area contributed by atoms with Gasteiger partial charge in [0.25, 0.3) is 0 Å². The van der Waals surface area contributed by atoms with E-state index in [9.17, 15) is 0 Å². The highest BCUT2D eigenvalue weighted by atomic mass is 79.9. The molecule has 2 N–H and O–H groups in total. The highest BCUT2D eigenvalue weighted by Gasteiger charge is 2.12. The molecule has 0 spiro atoms. The van der Waals surface area contributed by atoms with Crippen LogP contribution in [0.2, 0.25) is 5.02 Å². The fraction of sp³-hybridized carbons (Fsp3) is 0.250. The number of aryl methyl sites for hydroxylation is 1. The Balaban J connectivity index is 2.25. The van der Waals surface area contributed by atoms with Gasteiger partial charge in [-0.3, -0.25) is 0 Å². The first kappa shape index (κ1) is 14.6.